The highest BCUT2D eigenvalue weighted by Crippen LogP contribution is 2.32. The van der Waals surface area contributed by atoms with Gasteiger partial charge in [0.05, 0.1) is 16.3 Å². The van der Waals surface area contributed by atoms with E-state index in [1.165, 1.54) is 18.0 Å². The van der Waals surface area contributed by atoms with E-state index in [4.69, 9.17) is 9.52 Å². The van der Waals surface area contributed by atoms with Crippen LogP contribution in [0, 0.1) is 13.8 Å². The number of hydrogen-bond acceptors (Lipinski definition) is 5. The quantitative estimate of drug-likeness (QED) is 0.885. The summed E-state index contributed by atoms with van der Waals surface area (Å²) in [6.45, 7) is 3.84. The van der Waals surface area contributed by atoms with E-state index >= 15 is 0 Å². The number of hydrogen-bond donors (Lipinski definition) is 2. The van der Waals surface area contributed by atoms with Gasteiger partial charge in [-0.25, -0.2) is 0 Å². The molecule has 2 N–H and O–H groups in total. The van der Waals surface area contributed by atoms with Gasteiger partial charge in [0, 0.05) is 5.75 Å². The highest BCUT2D eigenvalue weighted by atomic mass is 32.2. The lowest BCUT2D eigenvalue weighted by Crippen LogP contribution is -2.34. The number of nitrogens with one attached hydrogen (secondary N) is 1. The second-order valence-corrected chi connectivity index (χ2v) is 6.39. The molecule has 110 valence electrons. The standard InChI is InChI=1S/C15H15NO4S/c1-7-3-8(2)13-9(4-7)12(17)10(5-20-13)14-16-11(6-21-14)15(18)19/h3-5,11,14,16H,6H2,1-2H3,(H,18,19). The number of thioether (sulfide) groups is 1. The number of rotatable bonds is 2. The third-order valence-electron chi connectivity index (χ3n) is 3.59. The minimum Gasteiger partial charge on any atom is -0.480 e. The van der Waals surface area contributed by atoms with E-state index in [9.17, 15) is 9.59 Å². The predicted molar refractivity (Wildman–Crippen MR) is 81.7 cm³/mol. The van der Waals surface area contributed by atoms with Crippen molar-refractivity contribution < 1.29 is 14.3 Å². The number of carbonyl (C=O) groups is 1. The second kappa shape index (κ2) is 5.20. The third kappa shape index (κ3) is 2.45. The minimum absolute atomic E-state index is 0.0981. The van der Waals surface area contributed by atoms with Gasteiger partial charge in [-0.05, 0) is 31.0 Å². The molecule has 6 heteroatoms. The molecule has 2 atom stereocenters. The van der Waals surface area contributed by atoms with Crippen LogP contribution < -0.4 is 10.7 Å². The van der Waals surface area contributed by atoms with E-state index in [2.05, 4.69) is 5.32 Å². The van der Waals surface area contributed by atoms with E-state index < -0.39 is 12.0 Å². The number of aliphatic carboxylic acids is 1. The molecule has 0 spiro atoms. The molecule has 1 aromatic heterocycles. The lowest BCUT2D eigenvalue weighted by molar-refractivity contribution is -0.138. The Bertz CT molecular complexity index is 783. The van der Waals surface area contributed by atoms with Gasteiger partial charge in [0.1, 0.15) is 17.9 Å². The summed E-state index contributed by atoms with van der Waals surface area (Å²) in [7, 11) is 0. The van der Waals surface area contributed by atoms with Gasteiger partial charge in [-0.15, -0.1) is 11.8 Å². The molecule has 0 bridgehead atoms. The van der Waals surface area contributed by atoms with Gasteiger partial charge in [0.25, 0.3) is 0 Å². The molecule has 0 saturated carbocycles. The smallest absolute Gasteiger partial charge is 0.321 e. The molecule has 2 heterocycles. The van der Waals surface area contributed by atoms with Crippen LogP contribution in [0.15, 0.2) is 27.6 Å². The van der Waals surface area contributed by atoms with Crippen LogP contribution in [0.3, 0.4) is 0 Å². The number of carboxylic acids is 1. The number of carboxylic acid groups (broad SMARTS) is 1. The van der Waals surface area contributed by atoms with Gasteiger partial charge in [0.15, 0.2) is 5.43 Å². The normalized spacial score (nSPS) is 21.8. The van der Waals surface area contributed by atoms with Crippen LogP contribution in [0.1, 0.15) is 22.1 Å². The molecule has 1 aliphatic heterocycles. The van der Waals surface area contributed by atoms with Crippen molar-refractivity contribution in [3.63, 3.8) is 0 Å². The highest BCUT2D eigenvalue weighted by Gasteiger charge is 2.32. The molecule has 0 amide bonds. The lowest BCUT2D eigenvalue weighted by atomic mass is 10.1. The Morgan fingerprint density at radius 1 is 1.43 bits per heavy atom. The fraction of sp³-hybridized carbons (Fsp3) is 0.333. The minimum atomic E-state index is -0.901. The number of fused-ring (bicyclic) bond motifs is 1. The Kier molecular flexibility index (Phi) is 3.51. The summed E-state index contributed by atoms with van der Waals surface area (Å²) in [6, 6.07) is 3.15. The zero-order valence-corrected chi connectivity index (χ0v) is 12.5. The average Bonchev–Trinajstić information content (AvgIpc) is 2.89. The van der Waals surface area contributed by atoms with Crippen LogP contribution in [0.5, 0.6) is 0 Å². The first-order valence-electron chi connectivity index (χ1n) is 6.60. The Morgan fingerprint density at radius 2 is 2.19 bits per heavy atom. The largest absolute Gasteiger partial charge is 0.480 e. The summed E-state index contributed by atoms with van der Waals surface area (Å²) >= 11 is 1.41. The Morgan fingerprint density at radius 3 is 2.86 bits per heavy atom. The Balaban J connectivity index is 2.07. The van der Waals surface area contributed by atoms with Crippen molar-refractivity contribution in [2.45, 2.75) is 25.3 Å². The molecular formula is C15H15NO4S. The third-order valence-corrected chi connectivity index (χ3v) is 4.84. The summed E-state index contributed by atoms with van der Waals surface area (Å²) in [5.41, 5.74) is 2.89. The van der Waals surface area contributed by atoms with E-state index in [0.717, 1.165) is 11.1 Å². The van der Waals surface area contributed by atoms with E-state index in [1.807, 2.05) is 26.0 Å². The summed E-state index contributed by atoms with van der Waals surface area (Å²) in [4.78, 5) is 23.6. The highest BCUT2D eigenvalue weighted by molar-refractivity contribution is 7.99. The first-order valence-corrected chi connectivity index (χ1v) is 7.65. The van der Waals surface area contributed by atoms with Gasteiger partial charge < -0.3 is 9.52 Å². The molecule has 0 aliphatic carbocycles. The van der Waals surface area contributed by atoms with Gasteiger partial charge in [-0.1, -0.05) is 6.07 Å². The molecule has 2 unspecified atom stereocenters. The SMILES string of the molecule is Cc1cc(C)c2occ(C3NC(C(=O)O)CS3)c(=O)c2c1. The van der Waals surface area contributed by atoms with Gasteiger partial charge in [0.2, 0.25) is 0 Å². The lowest BCUT2D eigenvalue weighted by Gasteiger charge is -2.11. The first kappa shape index (κ1) is 14.2. The summed E-state index contributed by atoms with van der Waals surface area (Å²) in [5.74, 6) is -0.466. The molecular weight excluding hydrogens is 290 g/mol. The number of benzene rings is 1. The molecule has 5 nitrogen and oxygen atoms in total. The van der Waals surface area contributed by atoms with Gasteiger partial charge in [-0.2, -0.15) is 0 Å². The summed E-state index contributed by atoms with van der Waals surface area (Å²) in [6.07, 6.45) is 1.45. The fourth-order valence-electron chi connectivity index (χ4n) is 2.59. The van der Waals surface area contributed by atoms with Gasteiger partial charge >= 0.3 is 5.97 Å². The molecule has 0 radical (unpaired) electrons. The maximum atomic E-state index is 12.6. The Labute approximate surface area is 125 Å². The van der Waals surface area contributed by atoms with Crippen LogP contribution >= 0.6 is 11.8 Å². The maximum absolute atomic E-state index is 12.6. The fourth-order valence-corrected chi connectivity index (χ4v) is 3.81. The second-order valence-electron chi connectivity index (χ2n) is 5.25. The monoisotopic (exact) mass is 305 g/mol. The van der Waals surface area contributed by atoms with Crippen molar-refractivity contribution in [3.8, 4) is 0 Å². The zero-order chi connectivity index (χ0) is 15.1. The molecule has 1 aliphatic rings. The molecule has 3 rings (SSSR count). The van der Waals surface area contributed by atoms with E-state index in [1.54, 1.807) is 0 Å². The van der Waals surface area contributed by atoms with Crippen molar-refractivity contribution in [3.05, 3.63) is 45.3 Å². The van der Waals surface area contributed by atoms with Crippen molar-refractivity contribution in [1.82, 2.24) is 5.32 Å². The van der Waals surface area contributed by atoms with Crippen LogP contribution in [0.2, 0.25) is 0 Å². The topological polar surface area (TPSA) is 79.5 Å². The molecule has 1 fully saturated rings. The zero-order valence-electron chi connectivity index (χ0n) is 11.7. The van der Waals surface area contributed by atoms with Crippen molar-refractivity contribution in [1.29, 1.82) is 0 Å². The molecule has 1 saturated heterocycles. The van der Waals surface area contributed by atoms with Crippen molar-refractivity contribution >= 4 is 28.7 Å². The molecule has 1 aromatic carbocycles. The van der Waals surface area contributed by atoms with E-state index in [-0.39, 0.29) is 10.8 Å². The Hall–Kier alpha value is -1.79. The van der Waals surface area contributed by atoms with Crippen LogP contribution in [-0.2, 0) is 4.79 Å². The summed E-state index contributed by atoms with van der Waals surface area (Å²) < 4.78 is 5.62. The van der Waals surface area contributed by atoms with Crippen LogP contribution in [0.4, 0.5) is 0 Å². The van der Waals surface area contributed by atoms with Crippen LogP contribution in [-0.4, -0.2) is 22.9 Å². The summed E-state index contributed by atoms with van der Waals surface area (Å²) in [5, 5.41) is 12.2. The van der Waals surface area contributed by atoms with Gasteiger partial charge in [-0.3, -0.25) is 14.9 Å². The predicted octanol–water partition coefficient (Wildman–Crippen LogP) is 2.20. The average molecular weight is 305 g/mol. The first-order chi connectivity index (χ1) is 9.97. The molecule has 21 heavy (non-hydrogen) atoms. The maximum Gasteiger partial charge on any atom is 0.321 e. The molecule has 2 aromatic rings. The van der Waals surface area contributed by atoms with Crippen molar-refractivity contribution in [2.24, 2.45) is 0 Å². The van der Waals surface area contributed by atoms with Crippen molar-refractivity contribution in [2.75, 3.05) is 5.75 Å². The van der Waals surface area contributed by atoms with Crippen LogP contribution in [0.25, 0.3) is 11.0 Å². The van der Waals surface area contributed by atoms with E-state index in [0.29, 0.717) is 22.3 Å². The number of aryl methyl sites for hydroxylation is 2.